The molecule has 7 heteroatoms. The molecule has 1 aromatic carbocycles. The summed E-state index contributed by atoms with van der Waals surface area (Å²) in [5, 5.41) is 13.3. The Balaban J connectivity index is 1.44. The van der Waals surface area contributed by atoms with E-state index in [4.69, 9.17) is 11.6 Å². The van der Waals surface area contributed by atoms with E-state index in [0.717, 1.165) is 21.3 Å². The van der Waals surface area contributed by atoms with Crippen LogP contribution in [0.25, 0.3) is 0 Å². The summed E-state index contributed by atoms with van der Waals surface area (Å²) in [7, 11) is 0. The molecule has 110 valence electrons. The van der Waals surface area contributed by atoms with Crippen LogP contribution in [0, 0.1) is 0 Å². The van der Waals surface area contributed by atoms with Gasteiger partial charge in [-0.2, -0.15) is 0 Å². The van der Waals surface area contributed by atoms with Gasteiger partial charge in [0.15, 0.2) is 0 Å². The SMILES string of the molecule is O=C(CSCc1ccccc1Cl)Nc1nnc(C2CC2)s1. The minimum atomic E-state index is -0.0504. The molecule has 21 heavy (non-hydrogen) atoms. The van der Waals surface area contributed by atoms with Crippen molar-refractivity contribution in [2.75, 3.05) is 11.1 Å². The molecule has 0 spiro atoms. The minimum Gasteiger partial charge on any atom is -0.300 e. The summed E-state index contributed by atoms with van der Waals surface area (Å²) < 4.78 is 0. The number of anilines is 1. The van der Waals surface area contributed by atoms with Crippen molar-refractivity contribution < 1.29 is 4.79 Å². The number of carbonyl (C=O) groups is 1. The summed E-state index contributed by atoms with van der Waals surface area (Å²) in [5.74, 6) is 1.62. The van der Waals surface area contributed by atoms with Crippen molar-refractivity contribution >= 4 is 45.7 Å². The summed E-state index contributed by atoms with van der Waals surface area (Å²) in [6, 6.07) is 7.68. The van der Waals surface area contributed by atoms with E-state index in [0.29, 0.717) is 16.8 Å². The highest BCUT2D eigenvalue weighted by atomic mass is 35.5. The Bertz CT molecular complexity index is 643. The van der Waals surface area contributed by atoms with Gasteiger partial charge < -0.3 is 0 Å². The number of rotatable bonds is 6. The first-order valence-electron chi connectivity index (χ1n) is 6.67. The number of benzene rings is 1. The van der Waals surface area contributed by atoms with Gasteiger partial charge in [-0.05, 0) is 24.5 Å². The quantitative estimate of drug-likeness (QED) is 0.866. The minimum absolute atomic E-state index is 0.0504. The molecule has 1 amide bonds. The van der Waals surface area contributed by atoms with Gasteiger partial charge in [-0.25, -0.2) is 0 Å². The zero-order valence-corrected chi connectivity index (χ0v) is 13.6. The van der Waals surface area contributed by atoms with E-state index in [1.807, 2.05) is 24.3 Å². The summed E-state index contributed by atoms with van der Waals surface area (Å²) in [5.41, 5.74) is 1.05. The van der Waals surface area contributed by atoms with Crippen molar-refractivity contribution in [3.8, 4) is 0 Å². The van der Waals surface area contributed by atoms with E-state index in [1.165, 1.54) is 35.9 Å². The Morgan fingerprint density at radius 3 is 2.95 bits per heavy atom. The predicted octanol–water partition coefficient (Wildman–Crippen LogP) is 3.94. The molecular formula is C14H14ClN3OS2. The number of hydrogen-bond acceptors (Lipinski definition) is 5. The fraction of sp³-hybridized carbons (Fsp3) is 0.357. The van der Waals surface area contributed by atoms with Crippen molar-refractivity contribution in [3.63, 3.8) is 0 Å². The molecule has 1 aliphatic carbocycles. The molecule has 1 aromatic heterocycles. The maximum atomic E-state index is 11.9. The molecule has 0 bridgehead atoms. The molecule has 1 heterocycles. The number of nitrogens with one attached hydrogen (secondary N) is 1. The summed E-state index contributed by atoms with van der Waals surface area (Å²) in [6.07, 6.45) is 2.38. The zero-order valence-electron chi connectivity index (χ0n) is 11.2. The lowest BCUT2D eigenvalue weighted by molar-refractivity contribution is -0.113. The average molecular weight is 340 g/mol. The van der Waals surface area contributed by atoms with Crippen molar-refractivity contribution in [3.05, 3.63) is 39.9 Å². The smallest absolute Gasteiger partial charge is 0.236 e. The van der Waals surface area contributed by atoms with E-state index in [9.17, 15) is 4.79 Å². The molecule has 1 saturated carbocycles. The van der Waals surface area contributed by atoms with E-state index >= 15 is 0 Å². The Hall–Kier alpha value is -1.11. The van der Waals surface area contributed by atoms with Gasteiger partial charge in [0.05, 0.1) is 5.75 Å². The molecule has 3 rings (SSSR count). The second-order valence-electron chi connectivity index (χ2n) is 4.85. The van der Waals surface area contributed by atoms with Crippen LogP contribution >= 0.6 is 34.7 Å². The molecule has 0 atom stereocenters. The van der Waals surface area contributed by atoms with Crippen LogP contribution in [-0.4, -0.2) is 21.9 Å². The number of carbonyl (C=O) groups excluding carboxylic acids is 1. The van der Waals surface area contributed by atoms with Gasteiger partial charge in [0.25, 0.3) is 0 Å². The highest BCUT2D eigenvalue weighted by Gasteiger charge is 2.27. The van der Waals surface area contributed by atoms with Gasteiger partial charge in [0, 0.05) is 16.7 Å². The first kappa shape index (κ1) is 14.8. The van der Waals surface area contributed by atoms with E-state index < -0.39 is 0 Å². The highest BCUT2D eigenvalue weighted by molar-refractivity contribution is 7.99. The third kappa shape index (κ3) is 4.18. The Morgan fingerprint density at radius 1 is 1.38 bits per heavy atom. The van der Waals surface area contributed by atoms with Crippen LogP contribution in [-0.2, 0) is 10.5 Å². The summed E-state index contributed by atoms with van der Waals surface area (Å²) in [6.45, 7) is 0. The summed E-state index contributed by atoms with van der Waals surface area (Å²) >= 11 is 9.09. The number of nitrogens with zero attached hydrogens (tertiary/aromatic N) is 2. The van der Waals surface area contributed by atoms with E-state index in [2.05, 4.69) is 15.5 Å². The van der Waals surface area contributed by atoms with Gasteiger partial charge in [-0.3, -0.25) is 10.1 Å². The second-order valence-corrected chi connectivity index (χ2v) is 7.25. The van der Waals surface area contributed by atoms with Gasteiger partial charge in [0.1, 0.15) is 5.01 Å². The fourth-order valence-electron chi connectivity index (χ4n) is 1.80. The van der Waals surface area contributed by atoms with Crippen LogP contribution in [0.1, 0.15) is 29.3 Å². The lowest BCUT2D eigenvalue weighted by Gasteiger charge is -2.03. The molecule has 1 aliphatic rings. The van der Waals surface area contributed by atoms with Crippen molar-refractivity contribution in [2.45, 2.75) is 24.5 Å². The standard InChI is InChI=1S/C14H14ClN3OS2/c15-11-4-2-1-3-10(11)7-20-8-12(19)16-14-18-17-13(21-14)9-5-6-9/h1-4,9H,5-8H2,(H,16,18,19). The lowest BCUT2D eigenvalue weighted by atomic mass is 10.2. The Morgan fingerprint density at radius 2 is 2.19 bits per heavy atom. The molecule has 1 N–H and O–H groups in total. The van der Waals surface area contributed by atoms with E-state index in [-0.39, 0.29) is 5.91 Å². The van der Waals surface area contributed by atoms with Crippen molar-refractivity contribution in [1.29, 1.82) is 0 Å². The molecular weight excluding hydrogens is 326 g/mol. The topological polar surface area (TPSA) is 54.9 Å². The van der Waals surface area contributed by atoms with Crippen LogP contribution in [0.3, 0.4) is 0 Å². The van der Waals surface area contributed by atoms with E-state index in [1.54, 1.807) is 0 Å². The number of aromatic nitrogens is 2. The van der Waals surface area contributed by atoms with Crippen LogP contribution in [0.4, 0.5) is 5.13 Å². The monoisotopic (exact) mass is 339 g/mol. The zero-order chi connectivity index (χ0) is 14.7. The molecule has 2 aromatic rings. The maximum absolute atomic E-state index is 11.9. The van der Waals surface area contributed by atoms with Crippen molar-refractivity contribution in [1.82, 2.24) is 10.2 Å². The first-order chi connectivity index (χ1) is 10.2. The van der Waals surface area contributed by atoms with Gasteiger partial charge in [0.2, 0.25) is 11.0 Å². The third-order valence-electron chi connectivity index (χ3n) is 3.06. The Labute approximate surface area is 136 Å². The second kappa shape index (κ2) is 6.77. The molecule has 0 radical (unpaired) electrons. The number of hydrogen-bond donors (Lipinski definition) is 1. The maximum Gasteiger partial charge on any atom is 0.236 e. The lowest BCUT2D eigenvalue weighted by Crippen LogP contribution is -2.14. The summed E-state index contributed by atoms with van der Waals surface area (Å²) in [4.78, 5) is 11.9. The number of thioether (sulfide) groups is 1. The molecule has 0 saturated heterocycles. The Kier molecular flexibility index (Phi) is 4.77. The van der Waals surface area contributed by atoms with Gasteiger partial charge in [-0.15, -0.1) is 22.0 Å². The van der Waals surface area contributed by atoms with Gasteiger partial charge in [-0.1, -0.05) is 41.1 Å². The number of amides is 1. The molecule has 0 unspecified atom stereocenters. The fourth-order valence-corrected chi connectivity index (χ4v) is 3.85. The first-order valence-corrected chi connectivity index (χ1v) is 9.01. The largest absolute Gasteiger partial charge is 0.300 e. The van der Waals surface area contributed by atoms with Crippen LogP contribution < -0.4 is 5.32 Å². The molecule has 1 fully saturated rings. The predicted molar refractivity (Wildman–Crippen MR) is 88.1 cm³/mol. The average Bonchev–Trinajstić information content (AvgIpc) is 3.22. The van der Waals surface area contributed by atoms with Gasteiger partial charge >= 0.3 is 0 Å². The molecule has 4 nitrogen and oxygen atoms in total. The third-order valence-corrected chi connectivity index (χ3v) is 5.41. The van der Waals surface area contributed by atoms with Crippen LogP contribution in [0.15, 0.2) is 24.3 Å². The van der Waals surface area contributed by atoms with Crippen LogP contribution in [0.5, 0.6) is 0 Å². The normalized spacial score (nSPS) is 14.1. The molecule has 0 aliphatic heterocycles. The highest BCUT2D eigenvalue weighted by Crippen LogP contribution is 2.42. The number of halogens is 1. The van der Waals surface area contributed by atoms with Crippen molar-refractivity contribution in [2.24, 2.45) is 0 Å². The van der Waals surface area contributed by atoms with Crippen LogP contribution in [0.2, 0.25) is 5.02 Å².